The minimum absolute atomic E-state index is 0.0315. The zero-order chi connectivity index (χ0) is 12.4. The molecule has 0 amide bonds. The number of rotatable bonds is 9. The van der Waals surface area contributed by atoms with Gasteiger partial charge in [-0.3, -0.25) is 0 Å². The first-order chi connectivity index (χ1) is 7.63. The van der Waals surface area contributed by atoms with Gasteiger partial charge in [0.1, 0.15) is 0 Å². The second kappa shape index (κ2) is 9.21. The van der Waals surface area contributed by atoms with Crippen LogP contribution in [0.4, 0.5) is 0 Å². The highest BCUT2D eigenvalue weighted by molar-refractivity contribution is 4.54. The van der Waals surface area contributed by atoms with E-state index < -0.39 is 0 Å². The second-order valence-electron chi connectivity index (χ2n) is 4.06. The predicted molar refractivity (Wildman–Crippen MR) is 62.1 cm³/mol. The van der Waals surface area contributed by atoms with Crippen LogP contribution < -0.4 is 5.32 Å². The molecule has 0 saturated heterocycles. The Morgan fingerprint density at radius 2 is 2.00 bits per heavy atom. The minimum Gasteiger partial charge on any atom is -0.569 e. The second-order valence-corrected chi connectivity index (χ2v) is 4.06. The smallest absolute Gasteiger partial charge is 0.230 e. The first kappa shape index (κ1) is 15.0. The molecule has 0 bridgehead atoms. The molecule has 0 spiro atoms. The lowest BCUT2D eigenvalue weighted by Gasteiger charge is -2.21. The molecule has 0 aliphatic rings. The Kier molecular flexibility index (Phi) is 8.61. The number of hydrogen-bond donors (Lipinski definition) is 2. The average molecular weight is 232 g/mol. The summed E-state index contributed by atoms with van der Waals surface area (Å²) in [5, 5.41) is 26.9. The number of hydrazine groups is 1. The molecule has 0 aromatic heterocycles. The van der Waals surface area contributed by atoms with Crippen molar-refractivity contribution in [2.24, 2.45) is 5.28 Å². The first-order valence-electron chi connectivity index (χ1n) is 5.93. The molecule has 0 aliphatic carbocycles. The van der Waals surface area contributed by atoms with E-state index in [1.807, 2.05) is 13.8 Å². The third kappa shape index (κ3) is 6.44. The molecule has 0 saturated carbocycles. The Balaban J connectivity index is 3.70. The van der Waals surface area contributed by atoms with E-state index in [4.69, 9.17) is 5.21 Å². The van der Waals surface area contributed by atoms with Gasteiger partial charge in [0.2, 0.25) is 5.28 Å². The van der Waals surface area contributed by atoms with Crippen LogP contribution in [0.1, 0.15) is 40.0 Å². The quantitative estimate of drug-likeness (QED) is 0.275. The maximum absolute atomic E-state index is 11.1. The van der Waals surface area contributed by atoms with E-state index in [1.54, 1.807) is 0 Å². The fourth-order valence-corrected chi connectivity index (χ4v) is 1.39. The van der Waals surface area contributed by atoms with Crippen molar-refractivity contribution in [1.29, 1.82) is 0 Å². The van der Waals surface area contributed by atoms with Crippen LogP contribution in [0.5, 0.6) is 0 Å². The highest BCUT2D eigenvalue weighted by Gasteiger charge is 2.16. The summed E-state index contributed by atoms with van der Waals surface area (Å²) < 4.78 is 0. The van der Waals surface area contributed by atoms with Crippen molar-refractivity contribution < 1.29 is 10.2 Å². The summed E-state index contributed by atoms with van der Waals surface area (Å²) in [7, 11) is 0. The van der Waals surface area contributed by atoms with Gasteiger partial charge < -0.3 is 15.7 Å². The third-order valence-corrected chi connectivity index (χ3v) is 2.34. The van der Waals surface area contributed by atoms with Gasteiger partial charge in [-0.25, -0.2) is 0 Å². The van der Waals surface area contributed by atoms with Crippen LogP contribution >= 0.6 is 0 Å². The van der Waals surface area contributed by atoms with Crippen LogP contribution in [0.25, 0.3) is 0 Å². The van der Waals surface area contributed by atoms with Gasteiger partial charge in [0.15, 0.2) is 0 Å². The van der Waals surface area contributed by atoms with E-state index in [2.05, 4.69) is 17.5 Å². The lowest BCUT2D eigenvalue weighted by molar-refractivity contribution is -0.716. The SMILES string of the molecule is CCCCNCCCN(C(C)C)/[N+]([O-])=N/O. The van der Waals surface area contributed by atoms with E-state index in [1.165, 1.54) is 17.9 Å². The maximum Gasteiger partial charge on any atom is 0.230 e. The molecule has 0 aromatic rings. The molecular formula is C10H24N4O2. The molecule has 6 nitrogen and oxygen atoms in total. The average Bonchev–Trinajstić information content (AvgIpc) is 2.26. The van der Waals surface area contributed by atoms with Crippen molar-refractivity contribution in [3.05, 3.63) is 5.21 Å². The van der Waals surface area contributed by atoms with Crippen molar-refractivity contribution >= 4 is 0 Å². The summed E-state index contributed by atoms with van der Waals surface area (Å²) >= 11 is 0. The first-order valence-corrected chi connectivity index (χ1v) is 5.93. The van der Waals surface area contributed by atoms with Crippen LogP contribution in [0.2, 0.25) is 0 Å². The maximum atomic E-state index is 11.1. The van der Waals surface area contributed by atoms with Crippen LogP contribution in [-0.4, -0.2) is 40.9 Å². The van der Waals surface area contributed by atoms with Crippen LogP contribution in [0, 0.1) is 5.21 Å². The summed E-state index contributed by atoms with van der Waals surface area (Å²) in [5.74, 6) is 0. The Bertz CT molecular complexity index is 197. The summed E-state index contributed by atoms with van der Waals surface area (Å²) in [6.45, 7) is 8.41. The topological polar surface area (TPSA) is 73.9 Å². The van der Waals surface area contributed by atoms with Gasteiger partial charge in [0.05, 0.1) is 17.6 Å². The van der Waals surface area contributed by atoms with Crippen LogP contribution in [-0.2, 0) is 0 Å². The normalized spacial score (nSPS) is 12.1. The molecule has 0 rings (SSSR count). The van der Waals surface area contributed by atoms with E-state index in [9.17, 15) is 5.21 Å². The molecule has 96 valence electrons. The van der Waals surface area contributed by atoms with Gasteiger partial charge in [-0.1, -0.05) is 13.3 Å². The summed E-state index contributed by atoms with van der Waals surface area (Å²) in [6.07, 6.45) is 3.21. The van der Waals surface area contributed by atoms with E-state index >= 15 is 0 Å². The van der Waals surface area contributed by atoms with Crippen molar-refractivity contribution in [2.45, 2.75) is 46.1 Å². The monoisotopic (exact) mass is 232 g/mol. The van der Waals surface area contributed by atoms with Crippen molar-refractivity contribution in [1.82, 2.24) is 10.3 Å². The number of hydrogen-bond acceptors (Lipinski definition) is 3. The standard InChI is InChI=1S/C10H24N4O2/c1-4-5-7-11-8-6-9-13(10(2)3)14(16)12-15/h10-11,15H,4-9H2,1-3H3/b14-12-. The molecule has 6 heteroatoms. The fourth-order valence-electron chi connectivity index (χ4n) is 1.39. The predicted octanol–water partition coefficient (Wildman–Crippen LogP) is 1.74. The van der Waals surface area contributed by atoms with Crippen molar-refractivity contribution in [2.75, 3.05) is 19.6 Å². The molecular weight excluding hydrogens is 208 g/mol. The van der Waals surface area contributed by atoms with Gasteiger partial charge in [0, 0.05) is 0 Å². The molecule has 0 aromatic carbocycles. The lowest BCUT2D eigenvalue weighted by Crippen LogP contribution is -2.38. The Labute approximate surface area is 97.5 Å². The van der Waals surface area contributed by atoms with Gasteiger partial charge in [-0.2, -0.15) is 0 Å². The van der Waals surface area contributed by atoms with Gasteiger partial charge >= 0.3 is 0 Å². The molecule has 0 heterocycles. The van der Waals surface area contributed by atoms with Crippen molar-refractivity contribution in [3.63, 3.8) is 0 Å². The molecule has 0 radical (unpaired) electrons. The fraction of sp³-hybridized carbons (Fsp3) is 1.00. The van der Waals surface area contributed by atoms with Gasteiger partial charge in [0.25, 0.3) is 0 Å². The molecule has 0 atom stereocenters. The largest absolute Gasteiger partial charge is 0.569 e. The highest BCUT2D eigenvalue weighted by atomic mass is 16.6. The summed E-state index contributed by atoms with van der Waals surface area (Å²) in [5.41, 5.74) is 0. The lowest BCUT2D eigenvalue weighted by atomic mass is 10.3. The summed E-state index contributed by atoms with van der Waals surface area (Å²) in [6, 6.07) is 0.0315. The molecule has 0 fully saturated rings. The van der Waals surface area contributed by atoms with Gasteiger partial charge in [-0.05, 0) is 39.8 Å². The van der Waals surface area contributed by atoms with E-state index in [0.29, 0.717) is 6.54 Å². The van der Waals surface area contributed by atoms with Gasteiger partial charge in [-0.15, -0.1) is 5.01 Å². The van der Waals surface area contributed by atoms with Crippen LogP contribution in [0.3, 0.4) is 0 Å². The van der Waals surface area contributed by atoms with Crippen molar-refractivity contribution in [3.8, 4) is 0 Å². The highest BCUT2D eigenvalue weighted by Crippen LogP contribution is 2.00. The molecule has 0 aliphatic heterocycles. The van der Waals surface area contributed by atoms with Crippen LogP contribution in [0.15, 0.2) is 5.28 Å². The Morgan fingerprint density at radius 1 is 1.38 bits per heavy atom. The molecule has 0 unspecified atom stereocenters. The zero-order valence-corrected chi connectivity index (χ0v) is 10.5. The molecule has 16 heavy (non-hydrogen) atoms. The number of nitrogens with one attached hydrogen (secondary N) is 1. The molecule has 2 N–H and O–H groups in total. The number of unbranched alkanes of at least 4 members (excludes halogenated alkanes) is 1. The Morgan fingerprint density at radius 3 is 2.50 bits per heavy atom. The van der Waals surface area contributed by atoms with E-state index in [-0.39, 0.29) is 11.0 Å². The zero-order valence-electron chi connectivity index (χ0n) is 10.5. The summed E-state index contributed by atoms with van der Waals surface area (Å²) in [4.78, 5) is 0.247. The third-order valence-electron chi connectivity index (χ3n) is 2.34. The minimum atomic E-state index is 0.0315. The van der Waals surface area contributed by atoms with E-state index in [0.717, 1.165) is 19.5 Å². The number of nitrogens with zero attached hydrogens (tertiary/aromatic N) is 3. The Hall–Kier alpha value is -1.04.